The minimum atomic E-state index is -0.218. The molecular formula is C23H28N2O3. The van der Waals surface area contributed by atoms with Gasteiger partial charge in [-0.15, -0.1) is 0 Å². The zero-order valence-electron chi connectivity index (χ0n) is 17.3. The standard InChI is InChI=1S/C23H28N2O3/c1-6-16-9-7-8-15(2)22(16)24-20(26)13-25-18-11-10-17(23(3,4)5)12-19(18)28-14-21(25)27/h7-12H,6,13-14H2,1-5H3,(H,24,26). The Hall–Kier alpha value is -2.82. The molecule has 0 unspecified atom stereocenters. The van der Waals surface area contributed by atoms with Crippen molar-refractivity contribution >= 4 is 23.2 Å². The van der Waals surface area contributed by atoms with Crippen LogP contribution in [0.15, 0.2) is 36.4 Å². The van der Waals surface area contributed by atoms with E-state index in [1.807, 2.05) is 43.3 Å². The maximum Gasteiger partial charge on any atom is 0.265 e. The molecule has 0 atom stereocenters. The van der Waals surface area contributed by atoms with Crippen LogP contribution in [0.5, 0.6) is 5.75 Å². The van der Waals surface area contributed by atoms with Crippen LogP contribution in [0.1, 0.15) is 44.4 Å². The first kappa shape index (κ1) is 19.9. The minimum absolute atomic E-state index is 0.0244. The highest BCUT2D eigenvalue weighted by molar-refractivity contribution is 6.05. The van der Waals surface area contributed by atoms with Gasteiger partial charge in [0.2, 0.25) is 5.91 Å². The number of amides is 2. The molecule has 0 radical (unpaired) electrons. The van der Waals surface area contributed by atoms with Gasteiger partial charge in [-0.1, -0.05) is 52.0 Å². The molecular weight excluding hydrogens is 352 g/mol. The molecule has 1 aliphatic heterocycles. The summed E-state index contributed by atoms with van der Waals surface area (Å²) in [7, 11) is 0. The SMILES string of the molecule is CCc1cccc(C)c1NC(=O)CN1C(=O)COc2cc(C(C)(C)C)ccc21. The smallest absolute Gasteiger partial charge is 0.265 e. The summed E-state index contributed by atoms with van der Waals surface area (Å²) in [5, 5.41) is 2.99. The van der Waals surface area contributed by atoms with E-state index in [9.17, 15) is 9.59 Å². The van der Waals surface area contributed by atoms with E-state index in [0.717, 1.165) is 28.8 Å². The first-order chi connectivity index (χ1) is 13.2. The number of fused-ring (bicyclic) bond motifs is 1. The van der Waals surface area contributed by atoms with Crippen LogP contribution in [0.4, 0.5) is 11.4 Å². The van der Waals surface area contributed by atoms with E-state index in [-0.39, 0.29) is 30.4 Å². The molecule has 5 nitrogen and oxygen atoms in total. The predicted molar refractivity (Wildman–Crippen MR) is 112 cm³/mol. The Morgan fingerprint density at radius 1 is 1.21 bits per heavy atom. The zero-order chi connectivity index (χ0) is 20.5. The Labute approximate surface area is 166 Å². The number of carbonyl (C=O) groups is 2. The summed E-state index contributed by atoms with van der Waals surface area (Å²) in [6.45, 7) is 10.3. The van der Waals surface area contributed by atoms with Gasteiger partial charge >= 0.3 is 0 Å². The molecule has 2 aromatic carbocycles. The molecule has 148 valence electrons. The maximum atomic E-state index is 12.7. The molecule has 0 saturated carbocycles. The van der Waals surface area contributed by atoms with Crippen molar-refractivity contribution in [1.82, 2.24) is 0 Å². The molecule has 2 amide bonds. The van der Waals surface area contributed by atoms with Crippen LogP contribution in [-0.2, 0) is 21.4 Å². The fourth-order valence-electron chi connectivity index (χ4n) is 3.37. The quantitative estimate of drug-likeness (QED) is 0.864. The van der Waals surface area contributed by atoms with Crippen molar-refractivity contribution in [2.24, 2.45) is 0 Å². The van der Waals surface area contributed by atoms with Crippen LogP contribution < -0.4 is 15.0 Å². The third-order valence-electron chi connectivity index (χ3n) is 5.07. The first-order valence-corrected chi connectivity index (χ1v) is 9.66. The number of ether oxygens (including phenoxy) is 1. The highest BCUT2D eigenvalue weighted by atomic mass is 16.5. The molecule has 1 heterocycles. The summed E-state index contributed by atoms with van der Waals surface area (Å²) in [6.07, 6.45) is 0.826. The largest absolute Gasteiger partial charge is 0.482 e. The van der Waals surface area contributed by atoms with Crippen LogP contribution >= 0.6 is 0 Å². The van der Waals surface area contributed by atoms with Crippen LogP contribution in [0.2, 0.25) is 0 Å². The lowest BCUT2D eigenvalue weighted by Gasteiger charge is -2.30. The average Bonchev–Trinajstić information content (AvgIpc) is 2.64. The Morgan fingerprint density at radius 3 is 2.64 bits per heavy atom. The fourth-order valence-corrected chi connectivity index (χ4v) is 3.37. The normalized spacial score (nSPS) is 13.8. The maximum absolute atomic E-state index is 12.7. The van der Waals surface area contributed by atoms with E-state index < -0.39 is 0 Å². The van der Waals surface area contributed by atoms with Gasteiger partial charge in [0.1, 0.15) is 12.3 Å². The van der Waals surface area contributed by atoms with Gasteiger partial charge in [-0.05, 0) is 47.6 Å². The number of nitrogens with zero attached hydrogens (tertiary/aromatic N) is 1. The number of hydrogen-bond donors (Lipinski definition) is 1. The molecule has 28 heavy (non-hydrogen) atoms. The van der Waals surface area contributed by atoms with E-state index >= 15 is 0 Å². The summed E-state index contributed by atoms with van der Waals surface area (Å²) in [5.41, 5.74) is 4.66. The van der Waals surface area contributed by atoms with Crippen molar-refractivity contribution in [2.75, 3.05) is 23.4 Å². The number of anilines is 2. The fraction of sp³-hybridized carbons (Fsp3) is 0.391. The second-order valence-corrected chi connectivity index (χ2v) is 8.21. The second kappa shape index (κ2) is 7.66. The molecule has 0 fully saturated rings. The molecule has 0 aromatic heterocycles. The van der Waals surface area contributed by atoms with E-state index in [0.29, 0.717) is 11.4 Å². The van der Waals surface area contributed by atoms with Crippen LogP contribution in [0, 0.1) is 6.92 Å². The van der Waals surface area contributed by atoms with Gasteiger partial charge < -0.3 is 10.1 Å². The Kier molecular flexibility index (Phi) is 5.45. The molecule has 1 N–H and O–H groups in total. The summed E-state index contributed by atoms with van der Waals surface area (Å²) in [4.78, 5) is 26.7. The van der Waals surface area contributed by atoms with Crippen molar-refractivity contribution in [3.8, 4) is 5.75 Å². The number of hydrogen-bond acceptors (Lipinski definition) is 3. The molecule has 2 aromatic rings. The average molecular weight is 380 g/mol. The Morgan fingerprint density at radius 2 is 1.96 bits per heavy atom. The molecule has 3 rings (SSSR count). The van der Waals surface area contributed by atoms with Crippen molar-refractivity contribution in [3.05, 3.63) is 53.1 Å². The highest BCUT2D eigenvalue weighted by Gasteiger charge is 2.29. The lowest BCUT2D eigenvalue weighted by molar-refractivity contribution is -0.123. The summed E-state index contributed by atoms with van der Waals surface area (Å²) in [6, 6.07) is 11.8. The van der Waals surface area contributed by atoms with Crippen LogP contribution in [0.3, 0.4) is 0 Å². The minimum Gasteiger partial charge on any atom is -0.482 e. The van der Waals surface area contributed by atoms with Crippen molar-refractivity contribution in [3.63, 3.8) is 0 Å². The molecule has 0 spiro atoms. The Balaban J connectivity index is 1.83. The summed E-state index contributed by atoms with van der Waals surface area (Å²) < 4.78 is 5.63. The third kappa shape index (κ3) is 4.03. The lowest BCUT2D eigenvalue weighted by Crippen LogP contribution is -2.43. The van der Waals surface area contributed by atoms with E-state index in [1.54, 1.807) is 0 Å². The van der Waals surface area contributed by atoms with Crippen LogP contribution in [-0.4, -0.2) is 25.0 Å². The number of aryl methyl sites for hydroxylation is 2. The molecule has 5 heteroatoms. The lowest BCUT2D eigenvalue weighted by atomic mass is 9.86. The third-order valence-corrected chi connectivity index (χ3v) is 5.07. The topological polar surface area (TPSA) is 58.6 Å². The van der Waals surface area contributed by atoms with Gasteiger partial charge in [-0.2, -0.15) is 0 Å². The monoisotopic (exact) mass is 380 g/mol. The zero-order valence-corrected chi connectivity index (χ0v) is 17.3. The number of nitrogens with one attached hydrogen (secondary N) is 1. The molecule has 0 saturated heterocycles. The van der Waals surface area contributed by atoms with Crippen molar-refractivity contribution < 1.29 is 14.3 Å². The molecule has 0 bridgehead atoms. The van der Waals surface area contributed by atoms with Gasteiger partial charge in [0.05, 0.1) is 5.69 Å². The van der Waals surface area contributed by atoms with E-state index in [1.165, 1.54) is 4.90 Å². The number of carbonyl (C=O) groups excluding carboxylic acids is 2. The van der Waals surface area contributed by atoms with Gasteiger partial charge in [-0.3, -0.25) is 14.5 Å². The molecule has 1 aliphatic rings. The number of benzene rings is 2. The van der Waals surface area contributed by atoms with E-state index in [4.69, 9.17) is 4.74 Å². The Bertz CT molecular complexity index is 913. The van der Waals surface area contributed by atoms with Crippen LogP contribution in [0.25, 0.3) is 0 Å². The van der Waals surface area contributed by atoms with Gasteiger partial charge in [-0.25, -0.2) is 0 Å². The number of rotatable bonds is 4. The summed E-state index contributed by atoms with van der Waals surface area (Å²) in [5.74, 6) is 0.210. The van der Waals surface area contributed by atoms with Gasteiger partial charge in [0.15, 0.2) is 6.61 Å². The number of para-hydroxylation sites is 1. The van der Waals surface area contributed by atoms with Crippen molar-refractivity contribution in [1.29, 1.82) is 0 Å². The predicted octanol–water partition coefficient (Wildman–Crippen LogP) is 4.22. The van der Waals surface area contributed by atoms with E-state index in [2.05, 4.69) is 33.0 Å². The first-order valence-electron chi connectivity index (χ1n) is 9.66. The summed E-state index contributed by atoms with van der Waals surface area (Å²) >= 11 is 0. The molecule has 0 aliphatic carbocycles. The van der Waals surface area contributed by atoms with Crippen molar-refractivity contribution in [2.45, 2.75) is 46.5 Å². The van der Waals surface area contributed by atoms with Gasteiger partial charge in [0.25, 0.3) is 5.91 Å². The second-order valence-electron chi connectivity index (χ2n) is 8.21. The van der Waals surface area contributed by atoms with Gasteiger partial charge in [0, 0.05) is 5.69 Å². The highest BCUT2D eigenvalue weighted by Crippen LogP contribution is 2.36.